The fourth-order valence-corrected chi connectivity index (χ4v) is 3.30. The summed E-state index contributed by atoms with van der Waals surface area (Å²) >= 11 is 0. The van der Waals surface area contributed by atoms with E-state index in [-0.39, 0.29) is 24.3 Å². The molecule has 1 saturated heterocycles. The summed E-state index contributed by atoms with van der Waals surface area (Å²) in [5, 5.41) is 8.67. The van der Waals surface area contributed by atoms with Gasteiger partial charge in [0.2, 0.25) is 5.91 Å². The summed E-state index contributed by atoms with van der Waals surface area (Å²) in [4.78, 5) is 38.5. The van der Waals surface area contributed by atoms with E-state index < -0.39 is 0 Å². The standard InChI is InChI=1S/C23H28N4O3/c1-2-12-24-22(29)17-8-10-19(11-9-17)26-21(28)16-25-20-7-5-6-18(15-20)23(30)27-13-3-4-14-27/h5-11,15,25H,2-4,12-14,16H2,1H3,(H,24,29)(H,26,28). The maximum absolute atomic E-state index is 12.5. The van der Waals surface area contributed by atoms with Gasteiger partial charge in [-0.25, -0.2) is 0 Å². The van der Waals surface area contributed by atoms with Crippen LogP contribution in [0.2, 0.25) is 0 Å². The molecule has 2 aromatic rings. The van der Waals surface area contributed by atoms with Gasteiger partial charge in [0.25, 0.3) is 11.8 Å². The number of benzene rings is 2. The topological polar surface area (TPSA) is 90.5 Å². The van der Waals surface area contributed by atoms with Crippen molar-refractivity contribution in [2.75, 3.05) is 36.8 Å². The number of amides is 3. The fourth-order valence-electron chi connectivity index (χ4n) is 3.30. The highest BCUT2D eigenvalue weighted by Gasteiger charge is 2.19. The Labute approximate surface area is 176 Å². The molecule has 0 spiro atoms. The number of anilines is 2. The summed E-state index contributed by atoms with van der Waals surface area (Å²) in [6.07, 6.45) is 2.98. The van der Waals surface area contributed by atoms with E-state index in [1.54, 1.807) is 36.4 Å². The molecule has 158 valence electrons. The van der Waals surface area contributed by atoms with Gasteiger partial charge in [-0.15, -0.1) is 0 Å². The number of carbonyl (C=O) groups excluding carboxylic acids is 3. The van der Waals surface area contributed by atoms with Gasteiger partial charge < -0.3 is 20.9 Å². The van der Waals surface area contributed by atoms with Gasteiger partial charge in [-0.1, -0.05) is 13.0 Å². The normalized spacial score (nSPS) is 13.0. The van der Waals surface area contributed by atoms with E-state index in [4.69, 9.17) is 0 Å². The van der Waals surface area contributed by atoms with E-state index in [1.165, 1.54) is 0 Å². The van der Waals surface area contributed by atoms with Gasteiger partial charge in [-0.2, -0.15) is 0 Å². The zero-order valence-corrected chi connectivity index (χ0v) is 17.2. The van der Waals surface area contributed by atoms with Crippen LogP contribution in [0.1, 0.15) is 46.9 Å². The van der Waals surface area contributed by atoms with Crippen LogP contribution in [-0.4, -0.2) is 48.8 Å². The lowest BCUT2D eigenvalue weighted by molar-refractivity contribution is -0.114. The maximum atomic E-state index is 12.5. The van der Waals surface area contributed by atoms with Crippen LogP contribution in [0, 0.1) is 0 Å². The first-order chi connectivity index (χ1) is 14.6. The molecular formula is C23H28N4O3. The zero-order chi connectivity index (χ0) is 21.3. The Hall–Kier alpha value is -3.35. The van der Waals surface area contributed by atoms with Crippen LogP contribution in [0.25, 0.3) is 0 Å². The summed E-state index contributed by atoms with van der Waals surface area (Å²) in [6.45, 7) is 4.30. The number of likely N-dealkylation sites (tertiary alicyclic amines) is 1. The monoisotopic (exact) mass is 408 g/mol. The molecule has 7 heteroatoms. The van der Waals surface area contributed by atoms with Crippen molar-refractivity contribution in [2.24, 2.45) is 0 Å². The first kappa shape index (κ1) is 21.4. The second-order valence-corrected chi connectivity index (χ2v) is 7.32. The summed E-state index contributed by atoms with van der Waals surface area (Å²) in [7, 11) is 0. The van der Waals surface area contributed by atoms with Gasteiger partial charge >= 0.3 is 0 Å². The van der Waals surface area contributed by atoms with E-state index in [2.05, 4.69) is 16.0 Å². The van der Waals surface area contributed by atoms with Crippen molar-refractivity contribution >= 4 is 29.1 Å². The summed E-state index contributed by atoms with van der Waals surface area (Å²) in [5.41, 5.74) is 2.52. The third-order valence-corrected chi connectivity index (χ3v) is 4.92. The molecule has 3 amide bonds. The largest absolute Gasteiger partial charge is 0.376 e. The van der Waals surface area contributed by atoms with Gasteiger partial charge in [0.15, 0.2) is 0 Å². The van der Waals surface area contributed by atoms with Gasteiger partial charge in [0, 0.05) is 42.1 Å². The smallest absolute Gasteiger partial charge is 0.253 e. The molecule has 0 bridgehead atoms. The SMILES string of the molecule is CCCNC(=O)c1ccc(NC(=O)CNc2cccc(C(=O)N3CCCC3)c2)cc1. The predicted molar refractivity (Wildman–Crippen MR) is 118 cm³/mol. The molecule has 0 aliphatic carbocycles. The molecule has 1 heterocycles. The molecule has 0 aromatic heterocycles. The highest BCUT2D eigenvalue weighted by atomic mass is 16.2. The van der Waals surface area contributed by atoms with Crippen LogP contribution < -0.4 is 16.0 Å². The van der Waals surface area contributed by atoms with Crippen LogP contribution in [0.5, 0.6) is 0 Å². The molecule has 0 atom stereocenters. The molecule has 0 unspecified atom stereocenters. The van der Waals surface area contributed by atoms with E-state index in [9.17, 15) is 14.4 Å². The van der Waals surface area contributed by atoms with Crippen molar-refractivity contribution in [1.29, 1.82) is 0 Å². The van der Waals surface area contributed by atoms with Crippen LogP contribution in [-0.2, 0) is 4.79 Å². The summed E-state index contributed by atoms with van der Waals surface area (Å²) < 4.78 is 0. The van der Waals surface area contributed by atoms with Crippen molar-refractivity contribution in [3.63, 3.8) is 0 Å². The second kappa shape index (κ2) is 10.4. The number of hydrogen-bond donors (Lipinski definition) is 3. The highest BCUT2D eigenvalue weighted by Crippen LogP contribution is 2.16. The van der Waals surface area contributed by atoms with Crippen LogP contribution in [0.4, 0.5) is 11.4 Å². The average molecular weight is 409 g/mol. The van der Waals surface area contributed by atoms with Gasteiger partial charge in [0.05, 0.1) is 6.54 Å². The van der Waals surface area contributed by atoms with Crippen LogP contribution in [0.3, 0.4) is 0 Å². The zero-order valence-electron chi connectivity index (χ0n) is 17.2. The number of hydrogen-bond acceptors (Lipinski definition) is 4. The highest BCUT2D eigenvalue weighted by molar-refractivity contribution is 5.97. The Bertz CT molecular complexity index is 890. The fraction of sp³-hybridized carbons (Fsp3) is 0.348. The molecule has 1 fully saturated rings. The van der Waals surface area contributed by atoms with Gasteiger partial charge in [0.1, 0.15) is 0 Å². The number of rotatable bonds is 8. The molecule has 1 aliphatic rings. The van der Waals surface area contributed by atoms with Crippen molar-refractivity contribution in [2.45, 2.75) is 26.2 Å². The summed E-state index contributed by atoms with van der Waals surface area (Å²) in [5.74, 6) is -0.308. The van der Waals surface area contributed by atoms with Gasteiger partial charge in [-0.05, 0) is 61.7 Å². The van der Waals surface area contributed by atoms with Crippen molar-refractivity contribution in [3.05, 3.63) is 59.7 Å². The molecule has 2 aromatic carbocycles. The third-order valence-electron chi connectivity index (χ3n) is 4.92. The first-order valence-corrected chi connectivity index (χ1v) is 10.4. The second-order valence-electron chi connectivity index (χ2n) is 7.32. The van der Waals surface area contributed by atoms with Crippen molar-refractivity contribution in [3.8, 4) is 0 Å². The lowest BCUT2D eigenvalue weighted by atomic mass is 10.1. The maximum Gasteiger partial charge on any atom is 0.253 e. The average Bonchev–Trinajstić information content (AvgIpc) is 3.31. The number of nitrogens with one attached hydrogen (secondary N) is 3. The summed E-state index contributed by atoms with van der Waals surface area (Å²) in [6, 6.07) is 14.0. The minimum atomic E-state index is -0.213. The number of carbonyl (C=O) groups is 3. The molecular weight excluding hydrogens is 380 g/mol. The minimum Gasteiger partial charge on any atom is -0.376 e. The van der Waals surface area contributed by atoms with Crippen molar-refractivity contribution in [1.82, 2.24) is 10.2 Å². The Kier molecular flexibility index (Phi) is 7.43. The molecule has 7 nitrogen and oxygen atoms in total. The molecule has 0 radical (unpaired) electrons. The lowest BCUT2D eigenvalue weighted by Crippen LogP contribution is -2.27. The Morgan fingerprint density at radius 3 is 2.37 bits per heavy atom. The van der Waals surface area contributed by atoms with Crippen molar-refractivity contribution < 1.29 is 14.4 Å². The molecule has 1 aliphatic heterocycles. The van der Waals surface area contributed by atoms with Crippen LogP contribution >= 0.6 is 0 Å². The van der Waals surface area contributed by atoms with Gasteiger partial charge in [-0.3, -0.25) is 14.4 Å². The number of nitrogens with zero attached hydrogens (tertiary/aromatic N) is 1. The molecule has 3 N–H and O–H groups in total. The Morgan fingerprint density at radius 1 is 0.933 bits per heavy atom. The van der Waals surface area contributed by atoms with E-state index in [0.717, 1.165) is 38.0 Å². The first-order valence-electron chi connectivity index (χ1n) is 10.4. The Balaban J connectivity index is 1.50. The van der Waals surface area contributed by atoms with Crippen LogP contribution in [0.15, 0.2) is 48.5 Å². The Morgan fingerprint density at radius 2 is 1.67 bits per heavy atom. The molecule has 3 rings (SSSR count). The predicted octanol–water partition coefficient (Wildman–Crippen LogP) is 3.11. The van der Waals surface area contributed by atoms with E-state index in [1.807, 2.05) is 24.0 Å². The molecule has 30 heavy (non-hydrogen) atoms. The quantitative estimate of drug-likeness (QED) is 0.626. The third kappa shape index (κ3) is 5.83. The van der Waals surface area contributed by atoms with E-state index in [0.29, 0.717) is 23.4 Å². The van der Waals surface area contributed by atoms with E-state index >= 15 is 0 Å². The minimum absolute atomic E-state index is 0.0312. The molecule has 0 saturated carbocycles. The lowest BCUT2D eigenvalue weighted by Gasteiger charge is -2.16.